The summed E-state index contributed by atoms with van der Waals surface area (Å²) >= 11 is 1.56. The molecule has 6 nitrogen and oxygen atoms in total. The lowest BCUT2D eigenvalue weighted by Crippen LogP contribution is -2.19. The zero-order chi connectivity index (χ0) is 14.5. The minimum Gasteiger partial charge on any atom is -0.461 e. The van der Waals surface area contributed by atoms with E-state index < -0.39 is 5.97 Å². The van der Waals surface area contributed by atoms with Crippen molar-refractivity contribution < 1.29 is 9.53 Å². The fourth-order valence-electron chi connectivity index (χ4n) is 1.76. The van der Waals surface area contributed by atoms with Crippen molar-refractivity contribution in [3.05, 3.63) is 23.2 Å². The predicted molar refractivity (Wildman–Crippen MR) is 77.8 cm³/mol. The van der Waals surface area contributed by atoms with E-state index >= 15 is 0 Å². The van der Waals surface area contributed by atoms with Crippen LogP contribution in [0.4, 0.5) is 0 Å². The highest BCUT2D eigenvalue weighted by Gasteiger charge is 2.22. The molecule has 0 atom stereocenters. The first-order valence-electron chi connectivity index (χ1n) is 6.42. The maximum absolute atomic E-state index is 12.0. The number of rotatable bonds is 6. The molecule has 0 spiro atoms. The van der Waals surface area contributed by atoms with E-state index in [1.54, 1.807) is 22.9 Å². The lowest BCUT2D eigenvalue weighted by atomic mass is 10.2. The van der Waals surface area contributed by atoms with E-state index in [4.69, 9.17) is 4.74 Å². The second-order valence-electron chi connectivity index (χ2n) is 4.51. The summed E-state index contributed by atoms with van der Waals surface area (Å²) in [6.07, 6.45) is 0. The lowest BCUT2D eigenvalue weighted by Gasteiger charge is -2.10. The molecule has 0 aliphatic carbocycles. The smallest absolute Gasteiger partial charge is 0.361 e. The fraction of sp³-hybridized carbons (Fsp3) is 0.462. The molecule has 0 radical (unpaired) electrons. The van der Waals surface area contributed by atoms with Crippen LogP contribution in [0.3, 0.4) is 0 Å². The minimum absolute atomic E-state index is 0.285. The second kappa shape index (κ2) is 6.62. The Labute approximate surface area is 122 Å². The van der Waals surface area contributed by atoms with Crippen LogP contribution in [0.2, 0.25) is 0 Å². The van der Waals surface area contributed by atoms with E-state index in [0.29, 0.717) is 13.2 Å². The Hall–Kier alpha value is -1.73. The molecule has 0 N–H and O–H groups in total. The van der Waals surface area contributed by atoms with Crippen molar-refractivity contribution in [1.29, 1.82) is 0 Å². The predicted octanol–water partition coefficient (Wildman–Crippen LogP) is 1.74. The SMILES string of the molecule is CCOC(=O)c1nnn(CCN(C)C)c1-c1cccs1. The van der Waals surface area contributed by atoms with Crippen LogP contribution in [0.15, 0.2) is 17.5 Å². The number of esters is 1. The third kappa shape index (κ3) is 3.23. The molecule has 7 heteroatoms. The molecule has 2 rings (SSSR count). The quantitative estimate of drug-likeness (QED) is 0.760. The molecule has 0 bridgehead atoms. The molecule has 2 heterocycles. The third-order valence-corrected chi connectivity index (χ3v) is 3.59. The van der Waals surface area contributed by atoms with E-state index in [0.717, 1.165) is 17.1 Å². The van der Waals surface area contributed by atoms with E-state index in [-0.39, 0.29) is 5.69 Å². The molecule has 0 aliphatic rings. The molecule has 0 amide bonds. The Kier molecular flexibility index (Phi) is 4.86. The first-order valence-corrected chi connectivity index (χ1v) is 7.30. The maximum atomic E-state index is 12.0. The summed E-state index contributed by atoms with van der Waals surface area (Å²) in [4.78, 5) is 15.0. The number of hydrogen-bond acceptors (Lipinski definition) is 6. The number of nitrogens with zero attached hydrogens (tertiary/aromatic N) is 4. The summed E-state index contributed by atoms with van der Waals surface area (Å²) in [6, 6.07) is 3.90. The van der Waals surface area contributed by atoms with Crippen LogP contribution in [-0.2, 0) is 11.3 Å². The van der Waals surface area contributed by atoms with Crippen molar-refractivity contribution in [3.63, 3.8) is 0 Å². The van der Waals surface area contributed by atoms with Gasteiger partial charge in [0.15, 0.2) is 5.69 Å². The van der Waals surface area contributed by atoms with Gasteiger partial charge in [-0.2, -0.15) is 0 Å². The molecule has 108 valence electrons. The van der Waals surface area contributed by atoms with Crippen LogP contribution in [0.25, 0.3) is 10.6 Å². The Bertz CT molecular complexity index is 563. The molecule has 0 saturated heterocycles. The summed E-state index contributed by atoms with van der Waals surface area (Å²) in [5.74, 6) is -0.424. The Balaban J connectivity index is 2.35. The van der Waals surface area contributed by atoms with Crippen molar-refractivity contribution >= 4 is 17.3 Å². The first-order chi connectivity index (χ1) is 9.63. The number of aromatic nitrogens is 3. The minimum atomic E-state index is -0.424. The van der Waals surface area contributed by atoms with Gasteiger partial charge in [-0.1, -0.05) is 11.3 Å². The molecular formula is C13H18N4O2S. The van der Waals surface area contributed by atoms with Gasteiger partial charge in [0.05, 0.1) is 18.0 Å². The highest BCUT2D eigenvalue weighted by molar-refractivity contribution is 7.13. The van der Waals surface area contributed by atoms with Crippen molar-refractivity contribution in [2.45, 2.75) is 13.5 Å². The fourth-order valence-corrected chi connectivity index (χ4v) is 2.53. The zero-order valence-electron chi connectivity index (χ0n) is 11.9. The molecule has 0 aliphatic heterocycles. The van der Waals surface area contributed by atoms with Gasteiger partial charge in [-0.05, 0) is 32.5 Å². The number of likely N-dealkylation sites (N-methyl/N-ethyl adjacent to an activating group) is 1. The van der Waals surface area contributed by atoms with Gasteiger partial charge >= 0.3 is 5.97 Å². The summed E-state index contributed by atoms with van der Waals surface area (Å²) in [5, 5.41) is 10.1. The number of hydrogen-bond donors (Lipinski definition) is 0. The topological polar surface area (TPSA) is 60.2 Å². The summed E-state index contributed by atoms with van der Waals surface area (Å²) in [6.45, 7) is 3.60. The summed E-state index contributed by atoms with van der Waals surface area (Å²) in [5.41, 5.74) is 1.02. The van der Waals surface area contributed by atoms with Gasteiger partial charge in [0.2, 0.25) is 0 Å². The van der Waals surface area contributed by atoms with Gasteiger partial charge in [0.25, 0.3) is 0 Å². The molecule has 2 aromatic heterocycles. The van der Waals surface area contributed by atoms with Gasteiger partial charge in [0, 0.05) is 6.54 Å². The van der Waals surface area contributed by atoms with Gasteiger partial charge in [0.1, 0.15) is 5.69 Å². The Morgan fingerprint density at radius 3 is 2.90 bits per heavy atom. The normalized spacial score (nSPS) is 11.0. The number of ether oxygens (including phenoxy) is 1. The van der Waals surface area contributed by atoms with Crippen molar-refractivity contribution in [2.75, 3.05) is 27.2 Å². The van der Waals surface area contributed by atoms with Gasteiger partial charge in [-0.3, -0.25) is 0 Å². The van der Waals surface area contributed by atoms with E-state index in [2.05, 4.69) is 15.2 Å². The molecule has 0 aromatic carbocycles. The summed E-state index contributed by atoms with van der Waals surface area (Å²) in [7, 11) is 3.99. The van der Waals surface area contributed by atoms with Crippen molar-refractivity contribution in [3.8, 4) is 10.6 Å². The van der Waals surface area contributed by atoms with Crippen LogP contribution >= 0.6 is 11.3 Å². The molecule has 0 fully saturated rings. The first kappa shape index (κ1) is 14.7. The molecule has 0 unspecified atom stereocenters. The van der Waals surface area contributed by atoms with E-state index in [1.165, 1.54) is 0 Å². The van der Waals surface area contributed by atoms with E-state index in [9.17, 15) is 4.79 Å². The molecule has 0 saturated carbocycles. The Morgan fingerprint density at radius 1 is 1.50 bits per heavy atom. The standard InChI is InChI=1S/C13H18N4O2S/c1-4-19-13(18)11-12(10-6-5-9-20-10)17(15-14-11)8-7-16(2)3/h5-6,9H,4,7-8H2,1-3H3. The molecule has 20 heavy (non-hydrogen) atoms. The van der Waals surface area contributed by atoms with Crippen molar-refractivity contribution in [2.24, 2.45) is 0 Å². The van der Waals surface area contributed by atoms with Crippen LogP contribution in [0.1, 0.15) is 17.4 Å². The molecule has 2 aromatic rings. The average molecular weight is 294 g/mol. The molecular weight excluding hydrogens is 276 g/mol. The van der Waals surface area contributed by atoms with E-state index in [1.807, 2.05) is 31.6 Å². The third-order valence-electron chi connectivity index (χ3n) is 2.72. The van der Waals surface area contributed by atoms with Gasteiger partial charge in [-0.15, -0.1) is 16.4 Å². The Morgan fingerprint density at radius 2 is 2.30 bits per heavy atom. The monoisotopic (exact) mass is 294 g/mol. The number of carbonyl (C=O) groups is 1. The number of carbonyl (C=O) groups excluding carboxylic acids is 1. The van der Waals surface area contributed by atoms with Gasteiger partial charge in [-0.25, -0.2) is 9.48 Å². The van der Waals surface area contributed by atoms with Crippen LogP contribution in [0.5, 0.6) is 0 Å². The highest BCUT2D eigenvalue weighted by Crippen LogP contribution is 2.27. The number of thiophene rings is 1. The largest absolute Gasteiger partial charge is 0.461 e. The average Bonchev–Trinajstić information content (AvgIpc) is 3.05. The summed E-state index contributed by atoms with van der Waals surface area (Å²) < 4.78 is 6.81. The van der Waals surface area contributed by atoms with Crippen molar-refractivity contribution in [1.82, 2.24) is 19.9 Å². The van der Waals surface area contributed by atoms with Crippen LogP contribution in [-0.4, -0.2) is 53.1 Å². The second-order valence-corrected chi connectivity index (χ2v) is 5.46. The zero-order valence-corrected chi connectivity index (χ0v) is 12.7. The highest BCUT2D eigenvalue weighted by atomic mass is 32.1. The lowest BCUT2D eigenvalue weighted by molar-refractivity contribution is 0.0520. The maximum Gasteiger partial charge on any atom is 0.361 e. The van der Waals surface area contributed by atoms with Crippen LogP contribution < -0.4 is 0 Å². The van der Waals surface area contributed by atoms with Crippen LogP contribution in [0, 0.1) is 0 Å². The van der Waals surface area contributed by atoms with Gasteiger partial charge < -0.3 is 9.64 Å².